The molecule has 0 spiro atoms. The molecular weight excluding hydrogens is 238 g/mol. The number of ether oxygens (including phenoxy) is 1. The Bertz CT molecular complexity index is 556. The summed E-state index contributed by atoms with van der Waals surface area (Å²) in [6, 6.07) is 8.02. The number of aromatic nitrogens is 1. The van der Waals surface area contributed by atoms with Crippen molar-refractivity contribution in [2.75, 3.05) is 32.1 Å². The van der Waals surface area contributed by atoms with Gasteiger partial charge in [0.2, 0.25) is 0 Å². The van der Waals surface area contributed by atoms with E-state index in [2.05, 4.69) is 22.9 Å². The third-order valence-corrected chi connectivity index (χ3v) is 3.31. The molecule has 2 aromatic rings. The smallest absolute Gasteiger partial charge is 0.136 e. The molecule has 0 aliphatic carbocycles. The molecule has 4 heteroatoms. The first-order chi connectivity index (χ1) is 9.17. The average Bonchev–Trinajstić information content (AvgIpc) is 2.45. The van der Waals surface area contributed by atoms with E-state index in [-0.39, 0.29) is 0 Å². The average molecular weight is 259 g/mol. The fourth-order valence-corrected chi connectivity index (χ4v) is 2.27. The lowest BCUT2D eigenvalue weighted by molar-refractivity contribution is 0.420. The Morgan fingerprint density at radius 3 is 2.79 bits per heavy atom. The van der Waals surface area contributed by atoms with Crippen molar-refractivity contribution in [2.24, 2.45) is 11.7 Å². The van der Waals surface area contributed by atoms with Gasteiger partial charge in [-0.3, -0.25) is 0 Å². The van der Waals surface area contributed by atoms with Crippen molar-refractivity contribution < 1.29 is 4.74 Å². The molecule has 1 unspecified atom stereocenters. The van der Waals surface area contributed by atoms with E-state index in [1.807, 2.05) is 31.4 Å². The van der Waals surface area contributed by atoms with Crippen LogP contribution < -0.4 is 15.4 Å². The molecule has 2 rings (SSSR count). The maximum absolute atomic E-state index is 5.69. The van der Waals surface area contributed by atoms with E-state index >= 15 is 0 Å². The van der Waals surface area contributed by atoms with Crippen molar-refractivity contribution >= 4 is 16.6 Å². The van der Waals surface area contributed by atoms with Crippen LogP contribution in [0.3, 0.4) is 0 Å². The van der Waals surface area contributed by atoms with Crippen LogP contribution in [0.5, 0.6) is 5.75 Å². The number of pyridine rings is 1. The van der Waals surface area contributed by atoms with Gasteiger partial charge in [0.25, 0.3) is 0 Å². The second-order valence-electron chi connectivity index (χ2n) is 4.91. The molecule has 2 N–H and O–H groups in total. The number of nitrogens with two attached hydrogens (primary N) is 1. The summed E-state index contributed by atoms with van der Waals surface area (Å²) in [6.45, 7) is 3.71. The Morgan fingerprint density at radius 2 is 2.11 bits per heavy atom. The number of benzene rings is 1. The fourth-order valence-electron chi connectivity index (χ4n) is 2.27. The molecule has 0 amide bonds. The molecule has 0 radical (unpaired) electrons. The van der Waals surface area contributed by atoms with Crippen molar-refractivity contribution in [3.8, 4) is 5.75 Å². The predicted molar refractivity (Wildman–Crippen MR) is 79.8 cm³/mol. The molecule has 0 bridgehead atoms. The minimum Gasteiger partial charge on any atom is -0.496 e. The number of methoxy groups -OCH3 is 1. The highest BCUT2D eigenvalue weighted by molar-refractivity contribution is 5.96. The first kappa shape index (κ1) is 13.6. The van der Waals surface area contributed by atoms with Crippen LogP contribution in [-0.2, 0) is 0 Å². The Balaban J connectivity index is 2.43. The Kier molecular flexibility index (Phi) is 4.22. The van der Waals surface area contributed by atoms with Gasteiger partial charge in [-0.25, -0.2) is 4.98 Å². The van der Waals surface area contributed by atoms with Crippen LogP contribution in [0.25, 0.3) is 10.8 Å². The maximum atomic E-state index is 5.69. The van der Waals surface area contributed by atoms with Gasteiger partial charge in [0.1, 0.15) is 11.6 Å². The summed E-state index contributed by atoms with van der Waals surface area (Å²) in [5, 5.41) is 2.19. The lowest BCUT2D eigenvalue weighted by Gasteiger charge is -2.23. The van der Waals surface area contributed by atoms with Crippen LogP contribution in [0.2, 0.25) is 0 Å². The minimum atomic E-state index is 0.438. The van der Waals surface area contributed by atoms with Gasteiger partial charge < -0.3 is 15.4 Å². The Hall–Kier alpha value is -1.81. The van der Waals surface area contributed by atoms with E-state index in [4.69, 9.17) is 10.5 Å². The Morgan fingerprint density at radius 1 is 1.32 bits per heavy atom. The highest BCUT2D eigenvalue weighted by Gasteiger charge is 2.12. The molecule has 0 aliphatic heterocycles. The molecule has 0 aliphatic rings. The largest absolute Gasteiger partial charge is 0.496 e. The van der Waals surface area contributed by atoms with Crippen LogP contribution in [-0.4, -0.2) is 32.2 Å². The number of fused-ring (bicyclic) bond motifs is 1. The van der Waals surface area contributed by atoms with E-state index < -0.39 is 0 Å². The van der Waals surface area contributed by atoms with Gasteiger partial charge in [-0.05, 0) is 24.6 Å². The molecule has 1 atom stereocenters. The van der Waals surface area contributed by atoms with Gasteiger partial charge in [-0.1, -0.05) is 19.1 Å². The van der Waals surface area contributed by atoms with E-state index in [1.54, 1.807) is 7.11 Å². The van der Waals surface area contributed by atoms with E-state index in [1.165, 1.54) is 0 Å². The summed E-state index contributed by atoms with van der Waals surface area (Å²) in [4.78, 5) is 6.65. The molecule has 1 heterocycles. The lowest BCUT2D eigenvalue weighted by atomic mass is 10.1. The summed E-state index contributed by atoms with van der Waals surface area (Å²) in [6.07, 6.45) is 1.82. The number of anilines is 1. The molecule has 19 heavy (non-hydrogen) atoms. The third-order valence-electron chi connectivity index (χ3n) is 3.31. The first-order valence-corrected chi connectivity index (χ1v) is 6.50. The Labute approximate surface area is 114 Å². The van der Waals surface area contributed by atoms with E-state index in [0.717, 1.165) is 28.9 Å². The van der Waals surface area contributed by atoms with Crippen molar-refractivity contribution in [3.05, 3.63) is 30.5 Å². The summed E-state index contributed by atoms with van der Waals surface area (Å²) in [5.74, 6) is 2.28. The van der Waals surface area contributed by atoms with Crippen molar-refractivity contribution in [1.82, 2.24) is 4.98 Å². The van der Waals surface area contributed by atoms with E-state index in [0.29, 0.717) is 12.5 Å². The van der Waals surface area contributed by atoms with Crippen LogP contribution in [0, 0.1) is 5.92 Å². The molecule has 4 nitrogen and oxygen atoms in total. The summed E-state index contributed by atoms with van der Waals surface area (Å²) >= 11 is 0. The number of hydrogen-bond acceptors (Lipinski definition) is 4. The predicted octanol–water partition coefficient (Wildman–Crippen LogP) is 2.27. The number of nitrogens with zero attached hydrogens (tertiary/aromatic N) is 2. The molecule has 1 aromatic carbocycles. The maximum Gasteiger partial charge on any atom is 0.136 e. The van der Waals surface area contributed by atoms with Crippen LogP contribution in [0.4, 0.5) is 5.82 Å². The molecule has 102 valence electrons. The van der Waals surface area contributed by atoms with Crippen molar-refractivity contribution in [3.63, 3.8) is 0 Å². The normalized spacial score (nSPS) is 12.4. The zero-order valence-corrected chi connectivity index (χ0v) is 11.8. The summed E-state index contributed by atoms with van der Waals surface area (Å²) in [5.41, 5.74) is 5.69. The minimum absolute atomic E-state index is 0.438. The molecule has 0 saturated heterocycles. The lowest BCUT2D eigenvalue weighted by Crippen LogP contribution is -2.28. The highest BCUT2D eigenvalue weighted by atomic mass is 16.5. The van der Waals surface area contributed by atoms with Crippen LogP contribution >= 0.6 is 0 Å². The topological polar surface area (TPSA) is 51.4 Å². The molecule has 0 saturated carbocycles. The van der Waals surface area contributed by atoms with Crippen molar-refractivity contribution in [1.29, 1.82) is 0 Å². The van der Waals surface area contributed by atoms with Gasteiger partial charge in [0.05, 0.1) is 7.11 Å². The quantitative estimate of drug-likeness (QED) is 0.895. The van der Waals surface area contributed by atoms with Gasteiger partial charge in [-0.15, -0.1) is 0 Å². The van der Waals surface area contributed by atoms with Crippen molar-refractivity contribution in [2.45, 2.75) is 6.92 Å². The second kappa shape index (κ2) is 5.89. The van der Waals surface area contributed by atoms with Gasteiger partial charge in [-0.2, -0.15) is 0 Å². The van der Waals surface area contributed by atoms with Crippen LogP contribution in [0.1, 0.15) is 6.92 Å². The highest BCUT2D eigenvalue weighted by Crippen LogP contribution is 2.30. The van der Waals surface area contributed by atoms with E-state index in [9.17, 15) is 0 Å². The third kappa shape index (κ3) is 2.79. The number of rotatable bonds is 5. The molecule has 1 aromatic heterocycles. The summed E-state index contributed by atoms with van der Waals surface area (Å²) in [7, 11) is 3.74. The molecular formula is C15H21N3O. The van der Waals surface area contributed by atoms with Gasteiger partial charge in [0, 0.05) is 30.6 Å². The van der Waals surface area contributed by atoms with Gasteiger partial charge in [0.15, 0.2) is 0 Å². The fraction of sp³-hybridized carbons (Fsp3) is 0.400. The first-order valence-electron chi connectivity index (χ1n) is 6.50. The SMILES string of the molecule is COc1cccc2c(N(C)CC(C)CN)nccc12. The number of hydrogen-bond donors (Lipinski definition) is 1. The standard InChI is InChI=1S/C15H21N3O/c1-11(9-16)10-18(2)15-13-5-4-6-14(19-3)12(13)7-8-17-15/h4-8,11H,9-10,16H2,1-3H3. The molecule has 0 fully saturated rings. The monoisotopic (exact) mass is 259 g/mol. The summed E-state index contributed by atoms with van der Waals surface area (Å²) < 4.78 is 5.40. The zero-order valence-electron chi connectivity index (χ0n) is 11.8. The van der Waals surface area contributed by atoms with Crippen LogP contribution in [0.15, 0.2) is 30.5 Å². The second-order valence-corrected chi connectivity index (χ2v) is 4.91. The van der Waals surface area contributed by atoms with Gasteiger partial charge >= 0.3 is 0 Å². The zero-order chi connectivity index (χ0) is 13.8.